The fraction of sp³-hybridized carbons (Fsp3) is 0.360. The summed E-state index contributed by atoms with van der Waals surface area (Å²) < 4.78 is 12.3. The molecular weight excluding hydrogens is 460 g/mol. The maximum atomic E-state index is 11.9. The largest absolute Gasteiger partial charge is 0.491 e. The number of aliphatic imine (C=N–C) groups is 1. The van der Waals surface area contributed by atoms with Gasteiger partial charge in [-0.15, -0.1) is 0 Å². The van der Waals surface area contributed by atoms with Crippen LogP contribution in [0.25, 0.3) is 0 Å². The molecule has 0 unspecified atom stereocenters. The number of rotatable bonds is 9. The molecular formula is C25H34N8O3. The van der Waals surface area contributed by atoms with Gasteiger partial charge in [0.2, 0.25) is 0 Å². The second kappa shape index (κ2) is 13.2. The molecule has 0 saturated carbocycles. The number of ether oxygens (including phenoxy) is 2. The maximum Gasteiger partial charge on any atom is 0.271 e. The number of benzene rings is 1. The molecule has 1 amide bonds. The number of nitrogens with one attached hydrogen (secondary N) is 4. The molecule has 3 rings (SSSR count). The summed E-state index contributed by atoms with van der Waals surface area (Å²) in [5.41, 5.74) is 1.46. The van der Waals surface area contributed by atoms with Crippen LogP contribution in [0.4, 0.5) is 0 Å². The summed E-state index contributed by atoms with van der Waals surface area (Å²) in [7, 11) is 1.49. The first-order chi connectivity index (χ1) is 17.4. The second-order valence-electron chi connectivity index (χ2n) is 8.02. The third-order valence-electron chi connectivity index (χ3n) is 5.51. The van der Waals surface area contributed by atoms with Gasteiger partial charge in [0, 0.05) is 40.1 Å². The van der Waals surface area contributed by atoms with Gasteiger partial charge in [0.25, 0.3) is 5.91 Å². The highest BCUT2D eigenvalue weighted by atomic mass is 16.5. The summed E-state index contributed by atoms with van der Waals surface area (Å²) in [6.07, 6.45) is 3.51. The van der Waals surface area contributed by atoms with E-state index in [4.69, 9.17) is 25.7 Å². The number of carbonyl (C=O) groups is 1. The lowest BCUT2D eigenvalue weighted by Gasteiger charge is -2.26. The number of morpholine rings is 1. The van der Waals surface area contributed by atoms with Gasteiger partial charge >= 0.3 is 0 Å². The third-order valence-corrected chi connectivity index (χ3v) is 5.51. The van der Waals surface area contributed by atoms with E-state index in [9.17, 15) is 4.79 Å². The van der Waals surface area contributed by atoms with Gasteiger partial charge in [-0.25, -0.2) is 9.67 Å². The number of nitrogens with zero attached hydrogens (tertiary/aromatic N) is 4. The fourth-order valence-corrected chi connectivity index (χ4v) is 3.49. The Balaban J connectivity index is 0.00000481. The topological polar surface area (TPSA) is 153 Å². The highest BCUT2D eigenvalue weighted by molar-refractivity contribution is 6.03. The SMILES string of the molecule is C/C=C(\C=NC(=N)c1cccc(CC(=N)n2nc(C(=O)NC)ccc2=N)c1)OCCN1CCOCC1.[HH]. The number of allylic oxidation sites excluding steroid dienone is 2. The lowest BCUT2D eigenvalue weighted by Crippen LogP contribution is -2.38. The quantitative estimate of drug-likeness (QED) is 0.237. The Kier molecular flexibility index (Phi) is 9.78. The molecule has 192 valence electrons. The van der Waals surface area contributed by atoms with Gasteiger partial charge in [-0.3, -0.25) is 25.9 Å². The first-order valence-corrected chi connectivity index (χ1v) is 11.7. The van der Waals surface area contributed by atoms with Crippen molar-refractivity contribution in [2.45, 2.75) is 13.3 Å². The van der Waals surface area contributed by atoms with Crippen LogP contribution < -0.4 is 10.8 Å². The van der Waals surface area contributed by atoms with Crippen molar-refractivity contribution in [3.05, 3.63) is 70.5 Å². The number of aromatic nitrogens is 2. The average Bonchev–Trinajstić information content (AvgIpc) is 2.90. The molecule has 1 aliphatic heterocycles. The van der Waals surface area contributed by atoms with Crippen LogP contribution in [0.3, 0.4) is 0 Å². The molecule has 11 heteroatoms. The lowest BCUT2D eigenvalue weighted by atomic mass is 10.1. The molecule has 1 aromatic heterocycles. The predicted molar refractivity (Wildman–Crippen MR) is 139 cm³/mol. The van der Waals surface area contributed by atoms with E-state index in [1.807, 2.05) is 19.1 Å². The normalized spacial score (nSPS) is 14.6. The molecule has 36 heavy (non-hydrogen) atoms. The summed E-state index contributed by atoms with van der Waals surface area (Å²) in [5.74, 6) is 0.290. The number of hydrogen-bond donors (Lipinski definition) is 4. The first kappa shape index (κ1) is 26.6. The Bertz CT molecular complexity index is 1220. The van der Waals surface area contributed by atoms with Crippen molar-refractivity contribution in [3.63, 3.8) is 0 Å². The van der Waals surface area contributed by atoms with Crippen LogP contribution in [-0.4, -0.2) is 85.0 Å². The van der Waals surface area contributed by atoms with Gasteiger partial charge in [0.05, 0.1) is 19.4 Å². The van der Waals surface area contributed by atoms with E-state index in [1.54, 1.807) is 18.2 Å². The molecule has 0 bridgehead atoms. The van der Waals surface area contributed by atoms with Crippen molar-refractivity contribution < 1.29 is 15.7 Å². The molecule has 0 aliphatic carbocycles. The average molecular weight is 495 g/mol. The zero-order chi connectivity index (χ0) is 25.9. The van der Waals surface area contributed by atoms with Gasteiger partial charge in [-0.05, 0) is 36.8 Å². The Morgan fingerprint density at radius 3 is 2.78 bits per heavy atom. The molecule has 0 spiro atoms. The van der Waals surface area contributed by atoms with Crippen molar-refractivity contribution in [2.75, 3.05) is 46.5 Å². The first-order valence-electron chi connectivity index (χ1n) is 11.7. The minimum absolute atomic E-state index is 0. The van der Waals surface area contributed by atoms with Crippen molar-refractivity contribution in [3.8, 4) is 0 Å². The van der Waals surface area contributed by atoms with E-state index in [-0.39, 0.29) is 30.7 Å². The highest BCUT2D eigenvalue weighted by Gasteiger charge is 2.12. The molecule has 0 radical (unpaired) electrons. The van der Waals surface area contributed by atoms with Crippen molar-refractivity contribution in [1.29, 1.82) is 16.2 Å². The summed E-state index contributed by atoms with van der Waals surface area (Å²) in [6.45, 7) is 6.49. The van der Waals surface area contributed by atoms with E-state index < -0.39 is 5.91 Å². The minimum atomic E-state index is -0.393. The number of amidine groups is 1. The van der Waals surface area contributed by atoms with Crippen LogP contribution in [0.1, 0.15) is 30.0 Å². The Labute approximate surface area is 211 Å². The monoisotopic (exact) mass is 494 g/mol. The molecule has 2 heterocycles. The summed E-state index contributed by atoms with van der Waals surface area (Å²) in [5, 5.41) is 31.4. The van der Waals surface area contributed by atoms with Crippen LogP contribution in [-0.2, 0) is 15.9 Å². The van der Waals surface area contributed by atoms with Gasteiger partial charge in [-0.1, -0.05) is 18.2 Å². The smallest absolute Gasteiger partial charge is 0.271 e. The lowest BCUT2D eigenvalue weighted by molar-refractivity contribution is 0.0285. The van der Waals surface area contributed by atoms with E-state index in [0.29, 0.717) is 17.9 Å². The highest BCUT2D eigenvalue weighted by Crippen LogP contribution is 2.09. The summed E-state index contributed by atoms with van der Waals surface area (Å²) >= 11 is 0. The molecule has 1 fully saturated rings. The molecule has 1 aliphatic rings. The van der Waals surface area contributed by atoms with Crippen LogP contribution in [0.2, 0.25) is 0 Å². The third kappa shape index (κ3) is 7.52. The van der Waals surface area contributed by atoms with Gasteiger partial charge in [0.15, 0.2) is 5.84 Å². The van der Waals surface area contributed by atoms with Crippen molar-refractivity contribution in [2.24, 2.45) is 4.99 Å². The Hall–Kier alpha value is -3.96. The minimum Gasteiger partial charge on any atom is -0.491 e. The summed E-state index contributed by atoms with van der Waals surface area (Å²) in [6, 6.07) is 10.0. The van der Waals surface area contributed by atoms with E-state index in [0.717, 1.165) is 43.1 Å². The standard InChI is InChI=1S/C25H32N8O3.H2/c1-3-20(36-14-11-32-9-12-35-13-10-32)17-30-24(28)19-6-4-5-18(15-19)16-23(27)33-22(26)8-7-21(31-33)25(34)29-2;/h3-8,15,17,26-28H,9-14,16H2,1-2H3,(H,29,34);1H/b20-3+,26-22?,27-23?,28-24?,30-17?;. The number of amides is 1. The van der Waals surface area contributed by atoms with Crippen LogP contribution in [0.15, 0.2) is 53.2 Å². The number of carbonyl (C=O) groups excluding carboxylic acids is 1. The fourth-order valence-electron chi connectivity index (χ4n) is 3.49. The van der Waals surface area contributed by atoms with Crippen molar-refractivity contribution in [1.82, 2.24) is 20.0 Å². The number of hydrogen-bond acceptors (Lipinski definition) is 8. The maximum absolute atomic E-state index is 11.9. The molecule has 1 saturated heterocycles. The van der Waals surface area contributed by atoms with Gasteiger partial charge < -0.3 is 14.8 Å². The molecule has 11 nitrogen and oxygen atoms in total. The van der Waals surface area contributed by atoms with E-state index in [1.165, 1.54) is 25.4 Å². The zero-order valence-corrected chi connectivity index (χ0v) is 20.6. The predicted octanol–water partition coefficient (Wildman–Crippen LogP) is 1.69. The second-order valence-corrected chi connectivity index (χ2v) is 8.02. The Morgan fingerprint density at radius 1 is 1.28 bits per heavy atom. The molecule has 1 aromatic carbocycles. The van der Waals surface area contributed by atoms with Crippen LogP contribution in [0.5, 0.6) is 0 Å². The molecule has 0 atom stereocenters. The van der Waals surface area contributed by atoms with Crippen LogP contribution in [0, 0.1) is 16.2 Å². The van der Waals surface area contributed by atoms with Gasteiger partial charge in [-0.2, -0.15) is 5.10 Å². The van der Waals surface area contributed by atoms with Gasteiger partial charge in [0.1, 0.15) is 29.4 Å². The zero-order valence-electron chi connectivity index (χ0n) is 20.6. The molecule has 4 N–H and O–H groups in total. The summed E-state index contributed by atoms with van der Waals surface area (Å²) in [4.78, 5) is 18.4. The Morgan fingerprint density at radius 2 is 2.06 bits per heavy atom. The van der Waals surface area contributed by atoms with Crippen LogP contribution >= 0.6 is 0 Å². The van der Waals surface area contributed by atoms with Crippen molar-refractivity contribution >= 4 is 23.8 Å². The van der Waals surface area contributed by atoms with E-state index >= 15 is 0 Å². The van der Waals surface area contributed by atoms with E-state index in [2.05, 4.69) is 20.3 Å². The molecule has 2 aromatic rings.